The van der Waals surface area contributed by atoms with Gasteiger partial charge >= 0.3 is 6.09 Å². The third kappa shape index (κ3) is 5.23. The zero-order chi connectivity index (χ0) is 19.3. The Bertz CT molecular complexity index is 777. The molecule has 0 aliphatic rings. The Hall–Kier alpha value is -2.54. The number of amides is 1. The predicted molar refractivity (Wildman–Crippen MR) is 99.0 cm³/mol. The minimum Gasteiger partial charge on any atom is -0.497 e. The van der Waals surface area contributed by atoms with Crippen molar-refractivity contribution >= 4 is 23.5 Å². The second-order valence-corrected chi connectivity index (χ2v) is 6.91. The number of anilines is 1. The number of nitrogens with zero attached hydrogens (tertiary/aromatic N) is 3. The van der Waals surface area contributed by atoms with Crippen molar-refractivity contribution in [3.63, 3.8) is 0 Å². The molecule has 140 valence electrons. The maximum absolute atomic E-state index is 12.7. The summed E-state index contributed by atoms with van der Waals surface area (Å²) in [5.41, 5.74) is 0.0895. The molecule has 0 aliphatic heterocycles. The Morgan fingerprint density at radius 2 is 1.92 bits per heavy atom. The number of benzene rings is 1. The van der Waals surface area contributed by atoms with Crippen molar-refractivity contribution in [2.24, 2.45) is 0 Å². The third-order valence-corrected chi connectivity index (χ3v) is 3.53. The molecule has 0 N–H and O–H groups in total. The van der Waals surface area contributed by atoms with E-state index in [1.807, 2.05) is 6.07 Å². The molecule has 0 radical (unpaired) electrons. The van der Waals surface area contributed by atoms with Gasteiger partial charge in [-0.1, -0.05) is 11.6 Å². The summed E-state index contributed by atoms with van der Waals surface area (Å²) < 4.78 is 16.1. The molecule has 0 bridgehead atoms. The standard InChI is InChI=1S/C18H22ClN3O4/c1-18(2,3)26-17(23)22(16-8-13(19)10-20-21-16)11-12-6-7-14(24-4)9-15(12)25-5/h6-10H,11H2,1-5H3. The van der Waals surface area contributed by atoms with Gasteiger partial charge in [0.1, 0.15) is 17.1 Å². The van der Waals surface area contributed by atoms with Gasteiger partial charge in [-0.3, -0.25) is 4.90 Å². The van der Waals surface area contributed by atoms with Crippen LogP contribution in [0.3, 0.4) is 0 Å². The fraction of sp³-hybridized carbons (Fsp3) is 0.389. The van der Waals surface area contributed by atoms with Crippen molar-refractivity contribution in [1.82, 2.24) is 10.2 Å². The first-order valence-corrected chi connectivity index (χ1v) is 8.31. The van der Waals surface area contributed by atoms with Crippen molar-refractivity contribution in [2.45, 2.75) is 32.9 Å². The van der Waals surface area contributed by atoms with Crippen LogP contribution in [-0.2, 0) is 11.3 Å². The van der Waals surface area contributed by atoms with Crippen LogP contribution >= 0.6 is 11.6 Å². The molecule has 1 amide bonds. The molecule has 0 unspecified atom stereocenters. The molecule has 26 heavy (non-hydrogen) atoms. The van der Waals surface area contributed by atoms with Gasteiger partial charge in [0, 0.05) is 17.7 Å². The van der Waals surface area contributed by atoms with E-state index < -0.39 is 11.7 Å². The van der Waals surface area contributed by atoms with E-state index in [0.29, 0.717) is 16.5 Å². The second kappa shape index (κ2) is 8.23. The highest BCUT2D eigenvalue weighted by atomic mass is 35.5. The number of carbonyl (C=O) groups is 1. The molecule has 2 aromatic rings. The van der Waals surface area contributed by atoms with Crippen LogP contribution in [0.25, 0.3) is 0 Å². The lowest BCUT2D eigenvalue weighted by atomic mass is 10.1. The first kappa shape index (κ1) is 19.8. The second-order valence-electron chi connectivity index (χ2n) is 6.48. The van der Waals surface area contributed by atoms with Crippen molar-refractivity contribution in [3.05, 3.63) is 41.0 Å². The third-order valence-electron chi connectivity index (χ3n) is 3.32. The summed E-state index contributed by atoms with van der Waals surface area (Å²) in [5, 5.41) is 8.18. The molecule has 1 aromatic heterocycles. The molecule has 0 atom stereocenters. The Morgan fingerprint density at radius 1 is 1.19 bits per heavy atom. The van der Waals surface area contributed by atoms with E-state index in [1.165, 1.54) is 11.1 Å². The Balaban J connectivity index is 2.40. The highest BCUT2D eigenvalue weighted by Gasteiger charge is 2.26. The van der Waals surface area contributed by atoms with Crippen LogP contribution in [0.5, 0.6) is 11.5 Å². The molecule has 0 saturated heterocycles. The van der Waals surface area contributed by atoms with Crippen molar-refractivity contribution in [3.8, 4) is 11.5 Å². The largest absolute Gasteiger partial charge is 0.497 e. The summed E-state index contributed by atoms with van der Waals surface area (Å²) in [6.45, 7) is 5.54. The number of methoxy groups -OCH3 is 2. The lowest BCUT2D eigenvalue weighted by molar-refractivity contribution is 0.0576. The molecular formula is C18H22ClN3O4. The summed E-state index contributed by atoms with van der Waals surface area (Å²) >= 11 is 6.01. The van der Waals surface area contributed by atoms with Crippen LogP contribution in [0.15, 0.2) is 30.5 Å². The van der Waals surface area contributed by atoms with Crippen LogP contribution in [-0.4, -0.2) is 36.1 Å². The molecule has 7 nitrogen and oxygen atoms in total. The van der Waals surface area contributed by atoms with E-state index in [2.05, 4.69) is 10.2 Å². The highest BCUT2D eigenvalue weighted by Crippen LogP contribution is 2.28. The van der Waals surface area contributed by atoms with Crippen LogP contribution in [0, 0.1) is 0 Å². The zero-order valence-corrected chi connectivity index (χ0v) is 16.2. The number of carbonyl (C=O) groups excluding carboxylic acids is 1. The molecule has 0 fully saturated rings. The van der Waals surface area contributed by atoms with E-state index in [4.69, 9.17) is 25.8 Å². The maximum atomic E-state index is 12.7. The smallest absolute Gasteiger partial charge is 0.416 e. The average Bonchev–Trinajstić information content (AvgIpc) is 2.58. The maximum Gasteiger partial charge on any atom is 0.416 e. The molecule has 2 rings (SSSR count). The average molecular weight is 380 g/mol. The first-order chi connectivity index (χ1) is 12.2. The molecule has 8 heteroatoms. The molecule has 0 spiro atoms. The lowest BCUT2D eigenvalue weighted by Crippen LogP contribution is -2.37. The number of ether oxygens (including phenoxy) is 3. The van der Waals surface area contributed by atoms with Gasteiger partial charge in [0.25, 0.3) is 0 Å². The Labute approximate surface area is 157 Å². The van der Waals surface area contributed by atoms with Crippen molar-refractivity contribution in [1.29, 1.82) is 0 Å². The SMILES string of the molecule is COc1ccc(CN(C(=O)OC(C)(C)C)c2cc(Cl)cnn2)c(OC)c1. The van der Waals surface area contributed by atoms with Gasteiger partial charge in [0.2, 0.25) is 0 Å². The molecule has 1 aromatic carbocycles. The summed E-state index contributed by atoms with van der Waals surface area (Å²) in [6.07, 6.45) is 0.832. The predicted octanol–water partition coefficient (Wildman–Crippen LogP) is 4.09. The summed E-state index contributed by atoms with van der Waals surface area (Å²) in [7, 11) is 3.12. The molecular weight excluding hydrogens is 358 g/mol. The van der Waals surface area contributed by atoms with Gasteiger partial charge in [-0.25, -0.2) is 4.79 Å². The molecule has 0 saturated carbocycles. The van der Waals surface area contributed by atoms with Gasteiger partial charge in [-0.05, 0) is 32.9 Å². The van der Waals surface area contributed by atoms with Gasteiger partial charge in [0.15, 0.2) is 5.82 Å². The number of hydrogen-bond donors (Lipinski definition) is 0. The summed E-state index contributed by atoms with van der Waals surface area (Å²) in [5.74, 6) is 1.51. The fourth-order valence-electron chi connectivity index (χ4n) is 2.17. The Morgan fingerprint density at radius 3 is 2.50 bits per heavy atom. The highest BCUT2D eigenvalue weighted by molar-refractivity contribution is 6.30. The van der Waals surface area contributed by atoms with Crippen LogP contribution in [0.1, 0.15) is 26.3 Å². The number of rotatable bonds is 5. The van der Waals surface area contributed by atoms with Crippen molar-refractivity contribution in [2.75, 3.05) is 19.1 Å². The van der Waals surface area contributed by atoms with Crippen LogP contribution < -0.4 is 14.4 Å². The van der Waals surface area contributed by atoms with E-state index >= 15 is 0 Å². The van der Waals surface area contributed by atoms with Crippen LogP contribution in [0.4, 0.5) is 10.6 Å². The minimum absolute atomic E-state index is 0.164. The Kier molecular flexibility index (Phi) is 6.26. The first-order valence-electron chi connectivity index (χ1n) is 7.93. The fourth-order valence-corrected chi connectivity index (χ4v) is 2.31. The lowest BCUT2D eigenvalue weighted by Gasteiger charge is -2.27. The normalized spacial score (nSPS) is 11.0. The van der Waals surface area contributed by atoms with Gasteiger partial charge < -0.3 is 14.2 Å². The van der Waals surface area contributed by atoms with Gasteiger partial charge in [-0.15, -0.1) is 5.10 Å². The van der Waals surface area contributed by atoms with Crippen molar-refractivity contribution < 1.29 is 19.0 Å². The summed E-state index contributed by atoms with van der Waals surface area (Å²) in [6, 6.07) is 6.89. The van der Waals surface area contributed by atoms with E-state index in [1.54, 1.807) is 53.2 Å². The monoisotopic (exact) mass is 379 g/mol. The van der Waals surface area contributed by atoms with Gasteiger partial charge in [0.05, 0.1) is 32.0 Å². The van der Waals surface area contributed by atoms with E-state index in [-0.39, 0.29) is 12.4 Å². The number of hydrogen-bond acceptors (Lipinski definition) is 6. The van der Waals surface area contributed by atoms with E-state index in [0.717, 1.165) is 5.56 Å². The van der Waals surface area contributed by atoms with Crippen LogP contribution in [0.2, 0.25) is 5.02 Å². The van der Waals surface area contributed by atoms with Gasteiger partial charge in [-0.2, -0.15) is 5.10 Å². The molecule has 1 heterocycles. The minimum atomic E-state index is -0.661. The number of aromatic nitrogens is 2. The topological polar surface area (TPSA) is 73.8 Å². The zero-order valence-electron chi connectivity index (χ0n) is 15.4. The number of halogens is 1. The molecule has 0 aliphatic carbocycles. The summed E-state index contributed by atoms with van der Waals surface area (Å²) in [4.78, 5) is 14.1. The van der Waals surface area contributed by atoms with E-state index in [9.17, 15) is 4.79 Å². The quantitative estimate of drug-likeness (QED) is 0.779.